The van der Waals surface area contributed by atoms with Crippen molar-refractivity contribution in [2.75, 3.05) is 11.9 Å². The Morgan fingerprint density at radius 3 is 2.81 bits per heavy atom. The lowest BCUT2D eigenvalue weighted by Crippen LogP contribution is -2.31. The summed E-state index contributed by atoms with van der Waals surface area (Å²) < 4.78 is 56.9. The van der Waals surface area contributed by atoms with Gasteiger partial charge >= 0.3 is 12.3 Å². The molecule has 1 atom stereocenters. The first-order chi connectivity index (χ1) is 15.2. The van der Waals surface area contributed by atoms with Crippen LogP contribution in [0.4, 0.5) is 27.5 Å². The average molecular weight is 466 g/mol. The number of amides is 1. The number of alkyl halides is 3. The van der Waals surface area contributed by atoms with Gasteiger partial charge in [0.25, 0.3) is 0 Å². The van der Waals surface area contributed by atoms with Crippen molar-refractivity contribution in [1.82, 2.24) is 10.3 Å². The highest BCUT2D eigenvalue weighted by molar-refractivity contribution is 7.18. The van der Waals surface area contributed by atoms with Crippen molar-refractivity contribution in [2.24, 2.45) is 5.73 Å². The second kappa shape index (κ2) is 8.75. The van der Waals surface area contributed by atoms with Crippen LogP contribution in [0.15, 0.2) is 42.6 Å². The molecule has 1 unspecified atom stereocenters. The lowest BCUT2D eigenvalue weighted by molar-refractivity contribution is -0.140. The molecule has 0 saturated carbocycles. The first kappa shape index (κ1) is 22.0. The Balaban J connectivity index is 1.36. The van der Waals surface area contributed by atoms with Gasteiger partial charge in [0.1, 0.15) is 11.6 Å². The van der Waals surface area contributed by atoms with E-state index in [9.17, 15) is 22.4 Å². The highest BCUT2D eigenvalue weighted by Crippen LogP contribution is 2.34. The number of fused-ring (bicyclic) bond motifs is 1. The maximum Gasteiger partial charge on any atom is 0.419 e. The van der Waals surface area contributed by atoms with Gasteiger partial charge in [-0.05, 0) is 35.7 Å². The number of hydrogen-bond donors (Lipinski definition) is 3. The van der Waals surface area contributed by atoms with Crippen molar-refractivity contribution in [1.29, 1.82) is 0 Å². The summed E-state index contributed by atoms with van der Waals surface area (Å²) in [5.74, 6) is -0.814. The molecule has 0 spiro atoms. The van der Waals surface area contributed by atoms with Gasteiger partial charge in [-0.1, -0.05) is 29.5 Å². The van der Waals surface area contributed by atoms with Gasteiger partial charge in [-0.2, -0.15) is 13.2 Å². The quantitative estimate of drug-likeness (QED) is 0.464. The summed E-state index contributed by atoms with van der Waals surface area (Å²) in [6.45, 7) is 0.702. The fourth-order valence-corrected chi connectivity index (χ4v) is 4.07. The van der Waals surface area contributed by atoms with Crippen LogP contribution in [0.1, 0.15) is 16.7 Å². The Morgan fingerprint density at radius 2 is 2.06 bits per heavy atom. The highest BCUT2D eigenvalue weighted by Gasteiger charge is 2.33. The van der Waals surface area contributed by atoms with Gasteiger partial charge in [-0.25, -0.2) is 14.2 Å². The molecule has 3 aromatic rings. The SMILES string of the molecule is NC(CNc1ncc(-c2ccc3c(c2)OC(=O)NC3)s1)Cc1ccc(C(F)(F)F)c(F)c1. The Morgan fingerprint density at radius 1 is 1.25 bits per heavy atom. The van der Waals surface area contributed by atoms with Crippen LogP contribution < -0.4 is 21.1 Å². The molecule has 2 heterocycles. The smallest absolute Gasteiger partial charge is 0.410 e. The number of aromatic nitrogens is 1. The maximum absolute atomic E-state index is 13.7. The van der Waals surface area contributed by atoms with Crippen LogP contribution in [-0.2, 0) is 19.1 Å². The first-order valence-electron chi connectivity index (χ1n) is 9.59. The topological polar surface area (TPSA) is 89.3 Å². The van der Waals surface area contributed by atoms with Crippen LogP contribution in [-0.4, -0.2) is 23.7 Å². The van der Waals surface area contributed by atoms with Crippen molar-refractivity contribution in [3.05, 3.63) is 65.1 Å². The van der Waals surface area contributed by atoms with E-state index in [0.717, 1.165) is 28.1 Å². The maximum atomic E-state index is 13.7. The Kier molecular flexibility index (Phi) is 6.02. The van der Waals surface area contributed by atoms with Gasteiger partial charge < -0.3 is 21.1 Å². The lowest BCUT2D eigenvalue weighted by atomic mass is 10.0. The van der Waals surface area contributed by atoms with Gasteiger partial charge in [-0.3, -0.25) is 0 Å². The molecule has 0 radical (unpaired) electrons. The molecule has 2 aromatic carbocycles. The number of hydrogen-bond acceptors (Lipinski definition) is 6. The lowest BCUT2D eigenvalue weighted by Gasteiger charge is -2.17. The van der Waals surface area contributed by atoms with Crippen LogP contribution in [0, 0.1) is 5.82 Å². The number of nitrogens with one attached hydrogen (secondary N) is 2. The van der Waals surface area contributed by atoms with E-state index in [1.807, 2.05) is 12.1 Å². The monoisotopic (exact) mass is 466 g/mol. The van der Waals surface area contributed by atoms with Crippen molar-refractivity contribution >= 4 is 22.6 Å². The molecule has 4 rings (SSSR count). The minimum Gasteiger partial charge on any atom is -0.410 e. The van der Waals surface area contributed by atoms with Gasteiger partial charge in [0, 0.05) is 30.9 Å². The molecule has 1 aliphatic rings. The Bertz CT molecular complexity index is 1150. The second-order valence-electron chi connectivity index (χ2n) is 7.25. The molecule has 0 aliphatic carbocycles. The number of carbonyl (C=O) groups is 1. The number of nitrogens with zero attached hydrogens (tertiary/aromatic N) is 1. The van der Waals surface area contributed by atoms with Gasteiger partial charge in [0.05, 0.1) is 10.4 Å². The van der Waals surface area contributed by atoms with E-state index in [4.69, 9.17) is 10.5 Å². The summed E-state index contributed by atoms with van der Waals surface area (Å²) in [4.78, 5) is 16.5. The first-order valence-corrected chi connectivity index (χ1v) is 10.4. The average Bonchev–Trinajstić information content (AvgIpc) is 3.20. The van der Waals surface area contributed by atoms with Crippen LogP contribution in [0.2, 0.25) is 0 Å². The summed E-state index contributed by atoms with van der Waals surface area (Å²) in [6.07, 6.45) is -3.35. The Labute approximate surface area is 184 Å². The number of benzene rings is 2. The molecule has 11 heteroatoms. The fourth-order valence-electron chi connectivity index (χ4n) is 3.25. The van der Waals surface area contributed by atoms with Crippen molar-refractivity contribution in [3.63, 3.8) is 0 Å². The summed E-state index contributed by atoms with van der Waals surface area (Å²) in [5, 5.41) is 6.28. The van der Waals surface area contributed by atoms with Crippen LogP contribution in [0.5, 0.6) is 5.75 Å². The van der Waals surface area contributed by atoms with E-state index in [2.05, 4.69) is 15.6 Å². The summed E-state index contributed by atoms with van der Waals surface area (Å²) in [7, 11) is 0. The normalized spacial score (nSPS) is 14.3. The highest BCUT2D eigenvalue weighted by atomic mass is 32.1. The number of carbonyl (C=O) groups excluding carboxylic acids is 1. The van der Waals surface area contributed by atoms with Crippen molar-refractivity contribution in [3.8, 4) is 16.2 Å². The molecule has 1 amide bonds. The molecular weight excluding hydrogens is 448 g/mol. The number of thiazole rings is 1. The van der Waals surface area contributed by atoms with E-state index in [1.165, 1.54) is 17.4 Å². The van der Waals surface area contributed by atoms with Gasteiger partial charge in [0.15, 0.2) is 5.13 Å². The molecule has 32 heavy (non-hydrogen) atoms. The zero-order valence-corrected chi connectivity index (χ0v) is 17.3. The number of anilines is 1. The third-order valence-corrected chi connectivity index (χ3v) is 5.84. The zero-order chi connectivity index (χ0) is 22.9. The van der Waals surface area contributed by atoms with Crippen LogP contribution >= 0.6 is 11.3 Å². The minimum absolute atomic E-state index is 0.199. The van der Waals surface area contributed by atoms with Crippen molar-refractivity contribution < 1.29 is 27.1 Å². The molecule has 1 aliphatic heterocycles. The third-order valence-electron chi connectivity index (χ3n) is 4.84. The minimum atomic E-state index is -4.73. The molecule has 0 fully saturated rings. The van der Waals surface area contributed by atoms with Gasteiger partial charge in [0.2, 0.25) is 0 Å². The van der Waals surface area contributed by atoms with E-state index < -0.39 is 29.7 Å². The number of ether oxygens (including phenoxy) is 1. The number of halogens is 4. The number of rotatable bonds is 6. The molecule has 6 nitrogen and oxygen atoms in total. The standard InChI is InChI=1S/C21H18F4N4O2S/c22-16-6-11(1-4-15(16)21(23,24)25)5-14(26)9-27-19-28-10-18(32-19)12-2-3-13-8-29-20(30)31-17(13)7-12/h1-4,6-7,10,14H,5,8-9,26H2,(H,27,28)(H,29,30). The van der Waals surface area contributed by atoms with E-state index >= 15 is 0 Å². The predicted molar refractivity (Wildman–Crippen MR) is 112 cm³/mol. The molecule has 168 valence electrons. The van der Waals surface area contributed by atoms with Crippen LogP contribution in [0.25, 0.3) is 10.4 Å². The Hall–Kier alpha value is -3.18. The van der Waals surface area contributed by atoms with E-state index in [0.29, 0.717) is 29.5 Å². The molecule has 1 aromatic heterocycles. The predicted octanol–water partition coefficient (Wildman–Crippen LogP) is 4.55. The zero-order valence-electron chi connectivity index (χ0n) is 16.5. The molecule has 0 saturated heterocycles. The number of nitrogens with two attached hydrogens (primary N) is 1. The fraction of sp³-hybridized carbons (Fsp3) is 0.238. The summed E-state index contributed by atoms with van der Waals surface area (Å²) in [6, 6.07) is 7.90. The third kappa shape index (κ3) is 5.00. The second-order valence-corrected chi connectivity index (χ2v) is 8.28. The summed E-state index contributed by atoms with van der Waals surface area (Å²) in [5.41, 5.74) is 6.85. The van der Waals surface area contributed by atoms with E-state index in [1.54, 1.807) is 12.3 Å². The molecule has 0 bridgehead atoms. The summed E-state index contributed by atoms with van der Waals surface area (Å²) >= 11 is 1.37. The van der Waals surface area contributed by atoms with E-state index in [-0.39, 0.29) is 6.42 Å². The largest absolute Gasteiger partial charge is 0.419 e. The van der Waals surface area contributed by atoms with Crippen molar-refractivity contribution in [2.45, 2.75) is 25.2 Å². The van der Waals surface area contributed by atoms with Crippen LogP contribution in [0.3, 0.4) is 0 Å². The molecule has 4 N–H and O–H groups in total. The molecular formula is C21H18F4N4O2S. The van der Waals surface area contributed by atoms with Gasteiger partial charge in [-0.15, -0.1) is 0 Å².